The highest BCUT2D eigenvalue weighted by molar-refractivity contribution is 8.01. The van der Waals surface area contributed by atoms with Gasteiger partial charge >= 0.3 is 0 Å². The molecule has 0 unspecified atom stereocenters. The van der Waals surface area contributed by atoms with Crippen LogP contribution in [0.15, 0.2) is 28.6 Å². The van der Waals surface area contributed by atoms with Gasteiger partial charge in [-0.25, -0.2) is 0 Å². The maximum absolute atomic E-state index is 12.4. The Balaban J connectivity index is 1.27. The summed E-state index contributed by atoms with van der Waals surface area (Å²) in [6, 6.07) is 8.37. The number of carbonyl (C=O) groups is 2. The van der Waals surface area contributed by atoms with Gasteiger partial charge in [-0.2, -0.15) is 0 Å². The molecule has 31 heavy (non-hydrogen) atoms. The van der Waals surface area contributed by atoms with Crippen molar-refractivity contribution in [1.82, 2.24) is 10.2 Å². The number of carbonyl (C=O) groups excluding carboxylic acids is 2. The third-order valence-electron chi connectivity index (χ3n) is 5.53. The van der Waals surface area contributed by atoms with Gasteiger partial charge < -0.3 is 10.2 Å². The van der Waals surface area contributed by atoms with Gasteiger partial charge in [0.2, 0.25) is 16.9 Å². The number of hydrogen-bond donors (Lipinski definition) is 1. The topological polar surface area (TPSA) is 78.4 Å². The van der Waals surface area contributed by atoms with E-state index in [1.165, 1.54) is 54.5 Å². The molecule has 1 saturated heterocycles. The third kappa shape index (κ3) is 5.98. The van der Waals surface area contributed by atoms with Crippen molar-refractivity contribution in [2.75, 3.05) is 34.0 Å². The first-order valence-corrected chi connectivity index (χ1v) is 12.9. The number of benzene rings is 1. The van der Waals surface area contributed by atoms with E-state index in [-0.39, 0.29) is 23.6 Å². The molecule has 0 bridgehead atoms. The van der Waals surface area contributed by atoms with Gasteiger partial charge in [-0.05, 0) is 49.9 Å². The molecule has 0 spiro atoms. The molecule has 1 saturated carbocycles. The lowest BCUT2D eigenvalue weighted by Gasteiger charge is -2.22. The molecule has 2 fully saturated rings. The first kappa shape index (κ1) is 22.1. The van der Waals surface area contributed by atoms with Crippen LogP contribution in [-0.4, -0.2) is 46.9 Å². The van der Waals surface area contributed by atoms with Crippen LogP contribution in [0.5, 0.6) is 0 Å². The number of amides is 2. The van der Waals surface area contributed by atoms with Gasteiger partial charge in [0, 0.05) is 36.9 Å². The summed E-state index contributed by atoms with van der Waals surface area (Å²) >= 11 is 2.73. The van der Waals surface area contributed by atoms with Gasteiger partial charge in [0.05, 0.1) is 5.75 Å². The van der Waals surface area contributed by atoms with Gasteiger partial charge in [-0.3, -0.25) is 14.5 Å². The molecule has 0 atom stereocenters. The zero-order valence-electron chi connectivity index (χ0n) is 17.9. The zero-order valence-corrected chi connectivity index (χ0v) is 19.5. The summed E-state index contributed by atoms with van der Waals surface area (Å²) in [4.78, 5) is 28.8. The van der Waals surface area contributed by atoms with Crippen molar-refractivity contribution < 1.29 is 9.59 Å². The second-order valence-corrected chi connectivity index (χ2v) is 10.2. The largest absolute Gasteiger partial charge is 0.372 e. The van der Waals surface area contributed by atoms with E-state index in [0.717, 1.165) is 31.6 Å². The fourth-order valence-electron chi connectivity index (χ4n) is 3.74. The van der Waals surface area contributed by atoms with Crippen LogP contribution in [0, 0.1) is 0 Å². The maximum Gasteiger partial charge on any atom is 0.234 e. The molecule has 4 rings (SSSR count). The molecule has 9 heteroatoms. The van der Waals surface area contributed by atoms with Crippen LogP contribution < -0.4 is 15.1 Å². The first-order valence-electron chi connectivity index (χ1n) is 11.1. The maximum atomic E-state index is 12.4. The van der Waals surface area contributed by atoms with Gasteiger partial charge in [-0.15, -0.1) is 10.2 Å². The summed E-state index contributed by atoms with van der Waals surface area (Å²) < 4.78 is 0.705. The minimum atomic E-state index is -0.0760. The predicted octanol–water partition coefficient (Wildman–Crippen LogP) is 4.55. The van der Waals surface area contributed by atoms with Crippen molar-refractivity contribution in [3.63, 3.8) is 0 Å². The Morgan fingerprint density at radius 2 is 1.84 bits per heavy atom. The number of nitrogens with one attached hydrogen (secondary N) is 1. The lowest BCUT2D eigenvalue weighted by Crippen LogP contribution is -2.32. The molecular formula is C22H29N5O2S2. The van der Waals surface area contributed by atoms with Crippen molar-refractivity contribution in [1.29, 1.82) is 0 Å². The van der Waals surface area contributed by atoms with E-state index in [2.05, 4.69) is 32.5 Å². The van der Waals surface area contributed by atoms with Crippen LogP contribution in [0.2, 0.25) is 0 Å². The number of aromatic nitrogens is 2. The Morgan fingerprint density at radius 3 is 2.48 bits per heavy atom. The standard InChI is InChI=1S/C22H29N5O2S2/c1-2-20(29)27(18-11-12-18)21-24-25-22(31-21)30-15-19(28)23-16-7-9-17(10-8-16)26-13-5-3-4-6-14-26/h7-10,18H,2-6,11-15H2,1H3,(H,23,28). The van der Waals surface area contributed by atoms with Gasteiger partial charge in [0.1, 0.15) is 0 Å². The number of hydrogen-bond acceptors (Lipinski definition) is 7. The van der Waals surface area contributed by atoms with Gasteiger partial charge in [0.25, 0.3) is 0 Å². The van der Waals surface area contributed by atoms with Crippen LogP contribution in [0.3, 0.4) is 0 Å². The van der Waals surface area contributed by atoms with E-state index in [4.69, 9.17) is 0 Å². The normalized spacial score (nSPS) is 16.6. The predicted molar refractivity (Wildman–Crippen MR) is 127 cm³/mol. The van der Waals surface area contributed by atoms with Crippen LogP contribution >= 0.6 is 23.1 Å². The van der Waals surface area contributed by atoms with Crippen LogP contribution in [-0.2, 0) is 9.59 Å². The minimum Gasteiger partial charge on any atom is -0.372 e. The first-order chi connectivity index (χ1) is 15.1. The monoisotopic (exact) mass is 459 g/mol. The molecule has 2 amide bonds. The van der Waals surface area contributed by atoms with E-state index in [0.29, 0.717) is 15.9 Å². The number of thioether (sulfide) groups is 1. The molecule has 2 aliphatic rings. The van der Waals surface area contributed by atoms with E-state index in [9.17, 15) is 9.59 Å². The van der Waals surface area contributed by atoms with Crippen molar-refractivity contribution in [2.24, 2.45) is 0 Å². The molecular weight excluding hydrogens is 430 g/mol. The van der Waals surface area contributed by atoms with E-state index in [1.807, 2.05) is 19.1 Å². The Bertz CT molecular complexity index is 890. The minimum absolute atomic E-state index is 0.0760. The fourth-order valence-corrected chi connectivity index (χ4v) is 5.47. The lowest BCUT2D eigenvalue weighted by molar-refractivity contribution is -0.118. The molecule has 1 aromatic carbocycles. The highest BCUT2D eigenvalue weighted by Crippen LogP contribution is 2.36. The average Bonchev–Trinajstić information content (AvgIpc) is 3.56. The van der Waals surface area contributed by atoms with E-state index < -0.39 is 0 Å². The SMILES string of the molecule is CCC(=O)N(c1nnc(SCC(=O)Nc2ccc(N3CCCCCC3)cc2)s1)C1CC1. The number of anilines is 3. The molecule has 2 heterocycles. The summed E-state index contributed by atoms with van der Waals surface area (Å²) in [5.74, 6) is 0.262. The lowest BCUT2D eigenvalue weighted by atomic mass is 10.2. The van der Waals surface area contributed by atoms with Gasteiger partial charge in [0.15, 0.2) is 4.34 Å². The zero-order chi connectivity index (χ0) is 21.6. The molecule has 1 aromatic heterocycles. The molecule has 1 N–H and O–H groups in total. The smallest absolute Gasteiger partial charge is 0.234 e. The quantitative estimate of drug-likeness (QED) is 0.461. The summed E-state index contributed by atoms with van der Waals surface area (Å²) in [7, 11) is 0. The summed E-state index contributed by atoms with van der Waals surface area (Å²) in [5, 5.41) is 11.9. The molecule has 166 valence electrons. The van der Waals surface area contributed by atoms with Crippen LogP contribution in [0.4, 0.5) is 16.5 Å². The number of nitrogens with zero attached hydrogens (tertiary/aromatic N) is 4. The van der Waals surface area contributed by atoms with E-state index >= 15 is 0 Å². The summed E-state index contributed by atoms with van der Waals surface area (Å²) in [6.45, 7) is 4.07. The van der Waals surface area contributed by atoms with Crippen molar-refractivity contribution in [3.05, 3.63) is 24.3 Å². The molecule has 1 aliphatic carbocycles. The van der Waals surface area contributed by atoms with Crippen molar-refractivity contribution >= 4 is 51.4 Å². The highest BCUT2D eigenvalue weighted by Gasteiger charge is 2.35. The van der Waals surface area contributed by atoms with E-state index in [1.54, 1.807) is 4.90 Å². The van der Waals surface area contributed by atoms with Gasteiger partial charge in [-0.1, -0.05) is 42.9 Å². The Kier molecular flexibility index (Phi) is 7.45. The second-order valence-electron chi connectivity index (χ2n) is 7.98. The third-order valence-corrected chi connectivity index (χ3v) is 7.59. The molecule has 7 nitrogen and oxygen atoms in total. The molecule has 2 aromatic rings. The Labute approximate surface area is 191 Å². The molecule has 1 aliphatic heterocycles. The highest BCUT2D eigenvalue weighted by atomic mass is 32.2. The van der Waals surface area contributed by atoms with Crippen LogP contribution in [0.1, 0.15) is 51.9 Å². The number of rotatable bonds is 8. The fraction of sp³-hybridized carbons (Fsp3) is 0.545. The Hall–Kier alpha value is -2.13. The average molecular weight is 460 g/mol. The summed E-state index contributed by atoms with van der Waals surface area (Å²) in [5.41, 5.74) is 2.02. The van der Waals surface area contributed by atoms with Crippen molar-refractivity contribution in [2.45, 2.75) is 62.3 Å². The molecule has 0 radical (unpaired) electrons. The second kappa shape index (κ2) is 10.5. The van der Waals surface area contributed by atoms with Crippen LogP contribution in [0.25, 0.3) is 0 Å². The summed E-state index contributed by atoms with van der Waals surface area (Å²) in [6.07, 6.45) is 7.61. The van der Waals surface area contributed by atoms with Crippen molar-refractivity contribution in [3.8, 4) is 0 Å². The Morgan fingerprint density at radius 1 is 1.13 bits per heavy atom.